The molecule has 3 rings (SSSR count). The topological polar surface area (TPSA) is 106 Å². The van der Waals surface area contributed by atoms with Crippen LogP contribution in [0.5, 0.6) is 0 Å². The second kappa shape index (κ2) is 7.22. The minimum absolute atomic E-state index is 0.107. The number of hydrogen-bond acceptors (Lipinski definition) is 7. The van der Waals surface area contributed by atoms with Gasteiger partial charge in [0.1, 0.15) is 0 Å². The van der Waals surface area contributed by atoms with Gasteiger partial charge in [0.25, 0.3) is 5.91 Å². The van der Waals surface area contributed by atoms with Gasteiger partial charge in [0, 0.05) is 12.5 Å². The monoisotopic (exact) mass is 390 g/mol. The molecule has 0 atom stereocenters. The summed E-state index contributed by atoms with van der Waals surface area (Å²) >= 11 is 1.03. The Balaban J connectivity index is 1.79. The van der Waals surface area contributed by atoms with Gasteiger partial charge in [-0.1, -0.05) is 29.5 Å². The fourth-order valence-corrected chi connectivity index (χ4v) is 4.29. The van der Waals surface area contributed by atoms with Gasteiger partial charge >= 0.3 is 0 Å². The molecule has 1 aromatic carbocycles. The molecule has 0 saturated carbocycles. The minimum atomic E-state index is -3.62. The summed E-state index contributed by atoms with van der Waals surface area (Å²) in [6.45, 7) is 1.40. The summed E-state index contributed by atoms with van der Waals surface area (Å²) < 4.78 is 30.1. The maximum atomic E-state index is 12.5. The van der Waals surface area contributed by atoms with Crippen LogP contribution in [0.15, 0.2) is 58.2 Å². The number of nitrogens with one attached hydrogen (secondary N) is 1. The van der Waals surface area contributed by atoms with Crippen LogP contribution in [-0.4, -0.2) is 25.1 Å². The van der Waals surface area contributed by atoms with Crippen molar-refractivity contribution in [2.45, 2.75) is 17.6 Å². The fraction of sp³-hybridized carbons (Fsp3) is 0.118. The Kier molecular flexibility index (Phi) is 5.01. The third-order valence-corrected chi connectivity index (χ3v) is 6.17. The van der Waals surface area contributed by atoms with Crippen molar-refractivity contribution in [3.05, 3.63) is 65.1 Å². The van der Waals surface area contributed by atoms with Crippen molar-refractivity contribution < 1.29 is 22.4 Å². The van der Waals surface area contributed by atoms with Gasteiger partial charge in [-0.2, -0.15) is 0 Å². The Morgan fingerprint density at radius 1 is 1.19 bits per heavy atom. The Labute approximate surface area is 153 Å². The Morgan fingerprint density at radius 3 is 2.58 bits per heavy atom. The number of carbonyl (C=O) groups excluding carboxylic acids is 2. The quantitative estimate of drug-likeness (QED) is 0.648. The number of carbonyl (C=O) groups is 2. The van der Waals surface area contributed by atoms with E-state index in [1.165, 1.54) is 37.6 Å². The summed E-state index contributed by atoms with van der Waals surface area (Å²) in [6.07, 6.45) is 2.62. The number of rotatable bonds is 6. The molecule has 0 radical (unpaired) electrons. The number of Topliss-reactive ketones (excluding diaryl/α,β-unsaturated/α-hetero) is 1. The zero-order valence-corrected chi connectivity index (χ0v) is 15.3. The first-order chi connectivity index (χ1) is 12.4. The second-order valence-corrected chi connectivity index (χ2v) is 8.41. The van der Waals surface area contributed by atoms with E-state index in [0.717, 1.165) is 11.3 Å². The first kappa shape index (κ1) is 18.0. The third-order valence-electron chi connectivity index (χ3n) is 3.47. The average molecular weight is 390 g/mol. The van der Waals surface area contributed by atoms with Crippen LogP contribution in [0.3, 0.4) is 0 Å². The van der Waals surface area contributed by atoms with E-state index in [2.05, 4.69) is 10.3 Å². The van der Waals surface area contributed by atoms with Gasteiger partial charge in [-0.15, -0.1) is 0 Å². The number of benzene rings is 1. The Hall–Kier alpha value is -2.78. The molecule has 7 nitrogen and oxygen atoms in total. The molecule has 0 aliphatic heterocycles. The number of amides is 1. The molecule has 1 amide bonds. The Morgan fingerprint density at radius 2 is 1.92 bits per heavy atom. The normalized spacial score (nSPS) is 11.3. The van der Waals surface area contributed by atoms with Crippen LogP contribution in [0, 0.1) is 0 Å². The number of furan rings is 1. The van der Waals surface area contributed by atoms with Gasteiger partial charge in [0.2, 0.25) is 0 Å². The highest BCUT2D eigenvalue weighted by Gasteiger charge is 2.23. The predicted molar refractivity (Wildman–Crippen MR) is 96.1 cm³/mol. The molecule has 1 N–H and O–H groups in total. The molecular formula is C17H14N2O5S2. The maximum Gasteiger partial charge on any atom is 0.293 e. The smallest absolute Gasteiger partial charge is 0.293 e. The molecule has 0 aliphatic carbocycles. The van der Waals surface area contributed by atoms with Gasteiger partial charge in [-0.05, 0) is 18.2 Å². The van der Waals surface area contributed by atoms with Crippen LogP contribution in [0.25, 0.3) is 0 Å². The van der Waals surface area contributed by atoms with E-state index in [1.54, 1.807) is 18.2 Å². The van der Waals surface area contributed by atoms with E-state index < -0.39 is 15.7 Å². The zero-order valence-electron chi connectivity index (χ0n) is 13.6. The molecule has 0 saturated heterocycles. The molecule has 0 spiro atoms. The number of aromatic nitrogens is 1. The van der Waals surface area contributed by atoms with E-state index in [9.17, 15) is 18.0 Å². The van der Waals surface area contributed by atoms with E-state index in [4.69, 9.17) is 4.42 Å². The second-order valence-electron chi connectivity index (χ2n) is 5.39. The lowest BCUT2D eigenvalue weighted by atomic mass is 10.3. The van der Waals surface area contributed by atoms with E-state index in [0.29, 0.717) is 4.88 Å². The lowest BCUT2D eigenvalue weighted by Crippen LogP contribution is -2.14. The highest BCUT2D eigenvalue weighted by molar-refractivity contribution is 7.90. The van der Waals surface area contributed by atoms with Crippen molar-refractivity contribution in [1.29, 1.82) is 0 Å². The number of ketones is 1. The molecular weight excluding hydrogens is 376 g/mol. The van der Waals surface area contributed by atoms with Crippen LogP contribution in [0.2, 0.25) is 0 Å². The molecule has 0 fully saturated rings. The predicted octanol–water partition coefficient (Wildman–Crippen LogP) is 3.16. The minimum Gasteiger partial charge on any atom is -0.459 e. The SMILES string of the molecule is CC(=O)c1cnc(NC(=O)c2occc2CS(=O)(=O)c2ccccc2)s1. The summed E-state index contributed by atoms with van der Waals surface area (Å²) in [7, 11) is -3.62. The molecule has 26 heavy (non-hydrogen) atoms. The van der Waals surface area contributed by atoms with E-state index in [1.807, 2.05) is 0 Å². The maximum absolute atomic E-state index is 12.5. The van der Waals surface area contributed by atoms with Gasteiger partial charge in [-0.3, -0.25) is 14.9 Å². The van der Waals surface area contributed by atoms with Crippen molar-refractivity contribution in [3.8, 4) is 0 Å². The number of thiazole rings is 1. The highest BCUT2D eigenvalue weighted by Crippen LogP contribution is 2.23. The third kappa shape index (κ3) is 3.89. The van der Waals surface area contributed by atoms with Gasteiger partial charge in [-0.25, -0.2) is 13.4 Å². The molecule has 0 aliphatic rings. The van der Waals surface area contributed by atoms with Gasteiger partial charge in [0.15, 0.2) is 26.5 Å². The van der Waals surface area contributed by atoms with Crippen molar-refractivity contribution in [3.63, 3.8) is 0 Å². The standard InChI is InChI=1S/C17H14N2O5S2/c1-11(20)14-9-18-17(25-14)19-16(21)15-12(7-8-24-15)10-26(22,23)13-5-3-2-4-6-13/h2-9H,10H2,1H3,(H,18,19,21). The summed E-state index contributed by atoms with van der Waals surface area (Å²) in [5, 5.41) is 2.74. The fourth-order valence-electron chi connectivity index (χ4n) is 2.21. The van der Waals surface area contributed by atoms with Gasteiger partial charge in [0.05, 0.1) is 28.0 Å². The molecule has 2 aromatic heterocycles. The highest BCUT2D eigenvalue weighted by atomic mass is 32.2. The average Bonchev–Trinajstić information content (AvgIpc) is 3.25. The summed E-state index contributed by atoms with van der Waals surface area (Å²) in [6, 6.07) is 9.41. The lowest BCUT2D eigenvalue weighted by Gasteiger charge is -2.05. The van der Waals surface area contributed by atoms with Crippen molar-refractivity contribution >= 4 is 38.0 Å². The first-order valence-electron chi connectivity index (χ1n) is 7.49. The van der Waals surface area contributed by atoms with Crippen molar-refractivity contribution in [2.24, 2.45) is 0 Å². The van der Waals surface area contributed by atoms with Crippen molar-refractivity contribution in [1.82, 2.24) is 4.98 Å². The van der Waals surface area contributed by atoms with Crippen LogP contribution in [-0.2, 0) is 15.6 Å². The van der Waals surface area contributed by atoms with Crippen LogP contribution >= 0.6 is 11.3 Å². The molecule has 2 heterocycles. The van der Waals surface area contributed by atoms with Crippen LogP contribution < -0.4 is 5.32 Å². The number of sulfone groups is 1. The van der Waals surface area contributed by atoms with Gasteiger partial charge < -0.3 is 4.42 Å². The Bertz CT molecular complexity index is 1050. The van der Waals surface area contributed by atoms with E-state index in [-0.39, 0.29) is 32.9 Å². The lowest BCUT2D eigenvalue weighted by molar-refractivity contribution is 0.0993. The zero-order chi connectivity index (χ0) is 18.7. The summed E-state index contributed by atoms with van der Waals surface area (Å²) in [4.78, 5) is 28.2. The van der Waals surface area contributed by atoms with Crippen LogP contribution in [0.1, 0.15) is 32.7 Å². The number of nitrogens with zero attached hydrogens (tertiary/aromatic N) is 1. The van der Waals surface area contributed by atoms with Crippen LogP contribution in [0.4, 0.5) is 5.13 Å². The summed E-state index contributed by atoms with van der Waals surface area (Å²) in [5.74, 6) is -1.26. The number of anilines is 1. The van der Waals surface area contributed by atoms with E-state index >= 15 is 0 Å². The molecule has 0 unspecified atom stereocenters. The first-order valence-corrected chi connectivity index (χ1v) is 9.96. The van der Waals surface area contributed by atoms with Crippen molar-refractivity contribution in [2.75, 3.05) is 5.32 Å². The molecule has 3 aromatic rings. The molecule has 9 heteroatoms. The molecule has 134 valence electrons. The number of hydrogen-bond donors (Lipinski definition) is 1. The largest absolute Gasteiger partial charge is 0.459 e. The molecule has 0 bridgehead atoms. The summed E-state index contributed by atoms with van der Waals surface area (Å²) in [5.41, 5.74) is 0.245.